The van der Waals surface area contributed by atoms with Crippen LogP contribution < -0.4 is 147 Å². The summed E-state index contributed by atoms with van der Waals surface area (Å²) in [5.74, 6) is -18.3. The van der Waals surface area contributed by atoms with E-state index in [0.717, 1.165) is 0 Å². The van der Waals surface area contributed by atoms with Gasteiger partial charge in [0.25, 0.3) is 0 Å². The summed E-state index contributed by atoms with van der Waals surface area (Å²) in [5.41, 5.74) is 50.9. The van der Waals surface area contributed by atoms with Crippen molar-refractivity contribution in [3.05, 3.63) is 54.2 Å². The number of H-pyrrole nitrogens is 2. The van der Waals surface area contributed by atoms with Crippen molar-refractivity contribution in [2.45, 2.75) is 248 Å². The van der Waals surface area contributed by atoms with Crippen LogP contribution in [-0.2, 0) is 109 Å². The van der Waals surface area contributed by atoms with Gasteiger partial charge in [0.05, 0.1) is 37.2 Å². The van der Waals surface area contributed by atoms with Gasteiger partial charge in [0, 0.05) is 114 Å². The van der Waals surface area contributed by atoms with Gasteiger partial charge in [0.1, 0.15) is 78.2 Å². The number of aromatic nitrogens is 3. The lowest BCUT2D eigenvalue weighted by atomic mass is 10.0. The second-order valence-corrected chi connectivity index (χ2v) is 35.3. The molecule has 12 atom stereocenters. The summed E-state index contributed by atoms with van der Waals surface area (Å²) in [7, 11) is 0. The molecule has 38 N–H and O–H groups in total. The molecule has 1 aliphatic heterocycles. The molecule has 0 aliphatic carbocycles. The summed E-state index contributed by atoms with van der Waals surface area (Å²) >= 11 is 1.43. The number of rotatable bonds is 66. The zero-order chi connectivity index (χ0) is 101. The van der Waals surface area contributed by atoms with Gasteiger partial charge in [-0.25, -0.2) is 4.98 Å². The van der Waals surface area contributed by atoms with E-state index in [1.807, 2.05) is 6.26 Å². The van der Waals surface area contributed by atoms with Gasteiger partial charge in [-0.1, -0.05) is 59.7 Å². The molecule has 2 aromatic heterocycles. The fourth-order valence-electron chi connectivity index (χ4n) is 14.0. The number of hydrogen-bond donors (Lipinski definition) is 29. The Bertz CT molecular complexity index is 4510. The zero-order valence-corrected chi connectivity index (χ0v) is 78.5. The molecule has 1 aromatic carbocycles. The highest BCUT2D eigenvalue weighted by Gasteiger charge is 2.39. The minimum atomic E-state index is -1.93. The van der Waals surface area contributed by atoms with E-state index in [0.29, 0.717) is 34.5 Å². The van der Waals surface area contributed by atoms with E-state index in [1.165, 1.54) is 31.2 Å². The monoisotopic (exact) mass is 1920 g/mol. The highest BCUT2D eigenvalue weighted by Crippen LogP contribution is 2.21. The number of nitrogens with one attached hydrogen (secondary N) is 20. The maximum atomic E-state index is 14.7. The number of nitrogens with two attached hydrogens (primary N) is 9. The number of amides is 20. The number of unbranched alkanes of at least 4 members (excludes halogenated alkanes) is 1. The van der Waals surface area contributed by atoms with Crippen LogP contribution in [0, 0.1) is 17.8 Å². The lowest BCUT2D eigenvalue weighted by Crippen LogP contribution is -2.69. The molecule has 752 valence electrons. The summed E-state index contributed by atoms with van der Waals surface area (Å²) in [5, 5.41) is 47.4. The number of benzene rings is 1. The topological polar surface area (TPSA) is 837 Å². The van der Waals surface area contributed by atoms with Crippen LogP contribution in [0.15, 0.2) is 43.0 Å². The van der Waals surface area contributed by atoms with Gasteiger partial charge in [0.15, 0.2) is 0 Å². The Labute approximate surface area is 786 Å². The molecule has 1 aliphatic rings. The van der Waals surface area contributed by atoms with E-state index in [-0.39, 0.29) is 141 Å². The average Bonchev–Trinajstić information content (AvgIpc) is 1.69. The maximum Gasteiger partial charge on any atom is 0.243 e. The molecular weight excluding hydrogens is 1780 g/mol. The summed E-state index contributed by atoms with van der Waals surface area (Å²) in [6.07, 6.45) is 3.16. The molecule has 3 aromatic rings. The van der Waals surface area contributed by atoms with Crippen LogP contribution in [0.1, 0.15) is 162 Å². The highest BCUT2D eigenvalue weighted by molar-refractivity contribution is 7.98. The first-order chi connectivity index (χ1) is 63.8. The Kier molecular flexibility index (Phi) is 49.8. The lowest BCUT2D eigenvalue weighted by Gasteiger charge is -2.34. The van der Waals surface area contributed by atoms with E-state index in [4.69, 9.17) is 51.6 Å². The summed E-state index contributed by atoms with van der Waals surface area (Å²) < 4.78 is 0. The molecule has 0 saturated carbocycles. The van der Waals surface area contributed by atoms with E-state index < -0.39 is 247 Å². The van der Waals surface area contributed by atoms with Crippen molar-refractivity contribution in [1.82, 2.24) is 111 Å². The van der Waals surface area contributed by atoms with Crippen LogP contribution in [0.5, 0.6) is 0 Å². The van der Waals surface area contributed by atoms with Crippen LogP contribution in [-0.4, -0.2) is 288 Å². The molecule has 0 radical (unpaired) electrons. The average molecular weight is 1920 g/mol. The summed E-state index contributed by atoms with van der Waals surface area (Å²) in [6, 6.07) is -10.5. The summed E-state index contributed by atoms with van der Waals surface area (Å²) in [6.45, 7) is 10.2. The van der Waals surface area contributed by atoms with Crippen molar-refractivity contribution in [3.63, 3.8) is 0 Å². The molecule has 3 heterocycles. The van der Waals surface area contributed by atoms with Gasteiger partial charge in [-0.3, -0.25) is 107 Å². The SMILES string of the molecule is CSCC[C@H](NC(=O)[C@H](CC(C)C)NC(=O)[C@H](Cc1c[nH]cn1)NC(=O)CNC(=O)[C@@H](NC(=O)[C@H](C)NC(=O)[C@H](Cc1c[nH]c2ccccc12)NC(=O)[C@H](CCC(N)=O)NC(=O)[C@H](CC(N)=O)NC(=O)CNC(=O)[C@H](CC(C)C)NC(=O)[C@H](CCCCNC(=O)CCCC(=O)NC(CN)(CN)NCCNC(N)(CN)CN)NC(=O)[C@H](CCC(N)=O)NC(=O)[C@@H]1CCC(=O)N1)C(C)C)C(N)=O. The minimum absolute atomic E-state index is 0.0114. The predicted octanol–water partition coefficient (Wildman–Crippen LogP) is -10.1. The van der Waals surface area contributed by atoms with E-state index in [1.54, 1.807) is 72.0 Å². The molecule has 20 amide bonds. The molecule has 135 heavy (non-hydrogen) atoms. The number of fused-ring (bicyclic) bond motifs is 1. The van der Waals surface area contributed by atoms with Crippen molar-refractivity contribution >= 4 is 141 Å². The minimum Gasteiger partial charge on any atom is -0.370 e. The molecule has 0 spiro atoms. The smallest absolute Gasteiger partial charge is 0.243 e. The number of carbonyl (C=O) groups is 20. The van der Waals surface area contributed by atoms with Crippen LogP contribution in [0.25, 0.3) is 10.9 Å². The molecule has 0 unspecified atom stereocenters. The van der Waals surface area contributed by atoms with Crippen molar-refractivity contribution in [2.24, 2.45) is 69.4 Å². The standard InChI is InChI=1S/C84H140N30O20S/c1-44(2)30-57(110-74(126)53(107-76(128)55(19-22-62(89)115)108-75(127)54-21-24-66(119)103-54)16-11-12-26-95-65(118)17-13-18-67(120)114-84(41-87,42-88)101-28-27-100-83(93,39-85)40-86)73(125)97-37-68(121)105-61(34-64(91)117)81(133)109-56(20-23-63(90)116)77(129)112-59(32-48-35-96-51-15-10-9-14-50(48)51)78(130)102-47(7)72(124)113-70(46(5)6)82(134)98-38-69(122)104-60(33-49-36-94-43-99-49)80(132)111-58(31-45(3)4)79(131)106-52(71(92)123)25-29-135-8/h9-10,14-15,35-36,43-47,52-61,70,96,100-101H,11-13,16-34,37-42,85-88,93H2,1-8H3,(H2,89,115)(H2,90,116)(H2,91,117)(H2,92,123)(H,94,99)(H,95,118)(H,97,125)(H,98,134)(H,102,130)(H,103,119)(H,104,122)(H,105,121)(H,106,131)(H,107,128)(H,108,127)(H,109,133)(H,110,126)(H,111,132)(H,112,129)(H,113,124)(H,114,120)/t47-,52-,53-,54-,55-,56-,57-,58-,59-,60-,61-,70-/m0/s1. The lowest BCUT2D eigenvalue weighted by molar-refractivity contribution is -0.136. The third-order valence-electron chi connectivity index (χ3n) is 21.7. The molecule has 0 bridgehead atoms. The quantitative estimate of drug-likeness (QED) is 0.0184. The molecule has 1 saturated heterocycles. The molecule has 1 fully saturated rings. The largest absolute Gasteiger partial charge is 0.370 e. The van der Waals surface area contributed by atoms with Crippen molar-refractivity contribution in [2.75, 3.05) is 70.9 Å². The van der Waals surface area contributed by atoms with Crippen molar-refractivity contribution in [3.8, 4) is 0 Å². The number of aromatic amines is 2. The fourth-order valence-corrected chi connectivity index (χ4v) is 14.5. The van der Waals surface area contributed by atoms with Gasteiger partial charge in [-0.05, 0) is 113 Å². The molecule has 51 heteroatoms. The molecular formula is C84H140N30O20S. The van der Waals surface area contributed by atoms with E-state index >= 15 is 0 Å². The first kappa shape index (κ1) is 115. The van der Waals surface area contributed by atoms with E-state index in [9.17, 15) is 95.9 Å². The number of hydrogen-bond acceptors (Lipinski definition) is 29. The van der Waals surface area contributed by atoms with Crippen molar-refractivity contribution < 1.29 is 95.9 Å². The summed E-state index contributed by atoms with van der Waals surface area (Å²) in [4.78, 5) is 281. The van der Waals surface area contributed by atoms with Gasteiger partial charge >= 0.3 is 0 Å². The van der Waals surface area contributed by atoms with Crippen LogP contribution in [0.2, 0.25) is 0 Å². The van der Waals surface area contributed by atoms with Crippen LogP contribution in [0.3, 0.4) is 0 Å². The Balaban J connectivity index is 1.51. The third kappa shape index (κ3) is 41.9. The fraction of sp³-hybridized carbons (Fsp3) is 0.631. The number of carbonyl (C=O) groups excluding carboxylic acids is 20. The third-order valence-corrected chi connectivity index (χ3v) is 22.3. The van der Waals surface area contributed by atoms with Gasteiger partial charge in [0.2, 0.25) is 118 Å². The Morgan fingerprint density at radius 3 is 1.53 bits per heavy atom. The number of thioether (sulfide) groups is 1. The van der Waals surface area contributed by atoms with Crippen LogP contribution in [0.4, 0.5) is 0 Å². The van der Waals surface area contributed by atoms with Crippen molar-refractivity contribution in [1.29, 1.82) is 0 Å². The first-order valence-electron chi connectivity index (χ1n) is 44.8. The number of primary amides is 4. The maximum absolute atomic E-state index is 14.7. The normalized spacial score (nSPS) is 15.0. The zero-order valence-electron chi connectivity index (χ0n) is 77.7. The molecule has 50 nitrogen and oxygen atoms in total. The molecule has 4 rings (SSSR count). The predicted molar refractivity (Wildman–Crippen MR) is 496 cm³/mol. The second kappa shape index (κ2) is 58.6. The van der Waals surface area contributed by atoms with Gasteiger partial charge in [-0.15, -0.1) is 0 Å². The van der Waals surface area contributed by atoms with Gasteiger partial charge < -0.3 is 147 Å². The van der Waals surface area contributed by atoms with Crippen LogP contribution >= 0.6 is 11.8 Å². The Hall–Kier alpha value is -12.6. The first-order valence-corrected chi connectivity index (χ1v) is 46.2. The van der Waals surface area contributed by atoms with E-state index in [2.05, 4.69) is 111 Å². The Morgan fingerprint density at radius 1 is 0.481 bits per heavy atom. The second-order valence-electron chi connectivity index (χ2n) is 34.3. The number of imidazole rings is 1. The number of nitrogens with zero attached hydrogens (tertiary/aromatic N) is 1. The number of para-hydroxylation sites is 1. The highest BCUT2D eigenvalue weighted by atomic mass is 32.2. The Morgan fingerprint density at radius 2 is 0.993 bits per heavy atom. The van der Waals surface area contributed by atoms with Gasteiger partial charge in [-0.2, -0.15) is 11.8 Å².